The molecule has 1 saturated heterocycles. The molecule has 0 spiro atoms. The number of carbonyl (C=O) groups is 1. The normalized spacial score (nSPS) is 38.6. The third-order valence-corrected chi connectivity index (χ3v) is 4.76. The zero-order chi connectivity index (χ0) is 13.1. The first-order chi connectivity index (χ1) is 8.56. The molecule has 4 heteroatoms. The summed E-state index contributed by atoms with van der Waals surface area (Å²) in [6.07, 6.45) is 6.18. The van der Waals surface area contributed by atoms with Crippen LogP contribution in [0.5, 0.6) is 0 Å². The molecule has 0 aromatic rings. The lowest BCUT2D eigenvalue weighted by Crippen LogP contribution is -2.49. The molecule has 2 N–H and O–H groups in total. The van der Waals surface area contributed by atoms with Gasteiger partial charge in [-0.25, -0.2) is 0 Å². The highest BCUT2D eigenvalue weighted by atomic mass is 16.4. The summed E-state index contributed by atoms with van der Waals surface area (Å²) in [6, 6.07) is 1.83. The molecule has 2 aliphatic rings. The third kappa shape index (κ3) is 3.45. The summed E-state index contributed by atoms with van der Waals surface area (Å²) in [5, 5.41) is 12.7. The van der Waals surface area contributed by atoms with Crippen LogP contribution in [0.1, 0.15) is 45.4 Å². The van der Waals surface area contributed by atoms with Crippen LogP contribution in [0.25, 0.3) is 0 Å². The Hall–Kier alpha value is -0.610. The Morgan fingerprint density at radius 1 is 1.17 bits per heavy atom. The van der Waals surface area contributed by atoms with E-state index >= 15 is 0 Å². The minimum atomic E-state index is -0.610. The van der Waals surface area contributed by atoms with Crippen molar-refractivity contribution in [2.75, 3.05) is 13.6 Å². The summed E-state index contributed by atoms with van der Waals surface area (Å²) in [5.74, 6) is -0.708. The first kappa shape index (κ1) is 13.8. The van der Waals surface area contributed by atoms with Gasteiger partial charge in [-0.05, 0) is 59.0 Å². The molecular formula is C14H26N2O2. The minimum absolute atomic E-state index is 0.0977. The fourth-order valence-electron chi connectivity index (χ4n) is 3.28. The average Bonchev–Trinajstić information content (AvgIpc) is 2.34. The highest BCUT2D eigenvalue weighted by Gasteiger charge is 2.29. The number of rotatable bonds is 3. The second kappa shape index (κ2) is 6.02. The SMILES string of the molecule is CC1CC(NC2CCC(C(=O)O)CC2)CCN1C. The van der Waals surface area contributed by atoms with Crippen LogP contribution in [-0.4, -0.2) is 47.7 Å². The number of nitrogens with one attached hydrogen (secondary N) is 1. The fraction of sp³-hybridized carbons (Fsp3) is 0.929. The number of hydrogen-bond donors (Lipinski definition) is 2. The lowest BCUT2D eigenvalue weighted by Gasteiger charge is -2.38. The maximum Gasteiger partial charge on any atom is 0.306 e. The second-order valence-corrected chi connectivity index (χ2v) is 6.10. The number of nitrogens with zero attached hydrogens (tertiary/aromatic N) is 1. The van der Waals surface area contributed by atoms with Gasteiger partial charge < -0.3 is 15.3 Å². The number of carboxylic acid groups (broad SMARTS) is 1. The van der Waals surface area contributed by atoms with Gasteiger partial charge in [-0.3, -0.25) is 4.79 Å². The number of aliphatic carboxylic acids is 1. The average molecular weight is 254 g/mol. The van der Waals surface area contributed by atoms with Crippen molar-refractivity contribution in [1.29, 1.82) is 0 Å². The van der Waals surface area contributed by atoms with Crippen molar-refractivity contribution in [3.05, 3.63) is 0 Å². The number of carboxylic acids is 1. The Kier molecular flexibility index (Phi) is 4.62. The first-order valence-electron chi connectivity index (χ1n) is 7.25. The maximum absolute atomic E-state index is 10.9. The van der Waals surface area contributed by atoms with E-state index in [2.05, 4.69) is 24.2 Å². The monoisotopic (exact) mass is 254 g/mol. The van der Waals surface area contributed by atoms with Gasteiger partial charge in [-0.1, -0.05) is 0 Å². The number of hydrogen-bond acceptors (Lipinski definition) is 3. The molecule has 1 saturated carbocycles. The molecule has 2 atom stereocenters. The topological polar surface area (TPSA) is 52.6 Å². The van der Waals surface area contributed by atoms with Gasteiger partial charge in [0.05, 0.1) is 5.92 Å². The largest absolute Gasteiger partial charge is 0.481 e. The van der Waals surface area contributed by atoms with E-state index in [-0.39, 0.29) is 5.92 Å². The molecule has 0 radical (unpaired) electrons. The van der Waals surface area contributed by atoms with Crippen LogP contribution >= 0.6 is 0 Å². The van der Waals surface area contributed by atoms with Crippen molar-refractivity contribution in [3.63, 3.8) is 0 Å². The highest BCUT2D eigenvalue weighted by molar-refractivity contribution is 5.70. The molecule has 0 bridgehead atoms. The summed E-state index contributed by atoms with van der Waals surface area (Å²) in [5.41, 5.74) is 0. The predicted octanol–water partition coefficient (Wildman–Crippen LogP) is 1.70. The molecular weight excluding hydrogens is 228 g/mol. The molecule has 2 fully saturated rings. The van der Waals surface area contributed by atoms with E-state index in [0.29, 0.717) is 18.1 Å². The lowest BCUT2D eigenvalue weighted by atomic mass is 9.85. The van der Waals surface area contributed by atoms with Crippen LogP contribution in [0, 0.1) is 5.92 Å². The smallest absolute Gasteiger partial charge is 0.306 e. The summed E-state index contributed by atoms with van der Waals surface area (Å²) in [4.78, 5) is 13.3. The van der Waals surface area contributed by atoms with Crippen molar-refractivity contribution in [3.8, 4) is 0 Å². The molecule has 1 heterocycles. The van der Waals surface area contributed by atoms with Gasteiger partial charge in [0.2, 0.25) is 0 Å². The van der Waals surface area contributed by atoms with Crippen molar-refractivity contribution in [2.45, 2.75) is 63.6 Å². The van der Waals surface area contributed by atoms with Gasteiger partial charge >= 0.3 is 5.97 Å². The summed E-state index contributed by atoms with van der Waals surface area (Å²) < 4.78 is 0. The molecule has 4 nitrogen and oxygen atoms in total. The van der Waals surface area contributed by atoms with Crippen LogP contribution in [0.3, 0.4) is 0 Å². The summed E-state index contributed by atoms with van der Waals surface area (Å²) >= 11 is 0. The Morgan fingerprint density at radius 2 is 1.83 bits per heavy atom. The molecule has 1 aliphatic heterocycles. The molecule has 2 rings (SSSR count). The minimum Gasteiger partial charge on any atom is -0.481 e. The van der Waals surface area contributed by atoms with E-state index in [1.807, 2.05) is 0 Å². The highest BCUT2D eigenvalue weighted by Crippen LogP contribution is 2.26. The Morgan fingerprint density at radius 3 is 2.39 bits per heavy atom. The molecule has 2 unspecified atom stereocenters. The molecule has 0 amide bonds. The summed E-state index contributed by atoms with van der Waals surface area (Å²) in [7, 11) is 2.19. The maximum atomic E-state index is 10.9. The lowest BCUT2D eigenvalue weighted by molar-refractivity contribution is -0.142. The Labute approximate surface area is 110 Å². The van der Waals surface area contributed by atoms with Crippen molar-refractivity contribution in [2.24, 2.45) is 5.92 Å². The third-order valence-electron chi connectivity index (χ3n) is 4.76. The molecule has 104 valence electrons. The van der Waals surface area contributed by atoms with E-state index in [4.69, 9.17) is 5.11 Å². The summed E-state index contributed by atoms with van der Waals surface area (Å²) in [6.45, 7) is 3.46. The quantitative estimate of drug-likeness (QED) is 0.805. The van der Waals surface area contributed by atoms with E-state index in [9.17, 15) is 4.79 Å². The van der Waals surface area contributed by atoms with Crippen molar-refractivity contribution < 1.29 is 9.90 Å². The van der Waals surface area contributed by atoms with Crippen LogP contribution in [0.2, 0.25) is 0 Å². The van der Waals surface area contributed by atoms with Crippen LogP contribution in [0.15, 0.2) is 0 Å². The zero-order valence-corrected chi connectivity index (χ0v) is 11.6. The second-order valence-electron chi connectivity index (χ2n) is 6.10. The fourth-order valence-corrected chi connectivity index (χ4v) is 3.28. The molecule has 0 aromatic heterocycles. The van der Waals surface area contributed by atoms with Crippen LogP contribution in [-0.2, 0) is 4.79 Å². The van der Waals surface area contributed by atoms with Crippen LogP contribution in [0.4, 0.5) is 0 Å². The van der Waals surface area contributed by atoms with Gasteiger partial charge in [0.15, 0.2) is 0 Å². The zero-order valence-electron chi connectivity index (χ0n) is 11.6. The van der Waals surface area contributed by atoms with Crippen LogP contribution < -0.4 is 5.32 Å². The van der Waals surface area contributed by atoms with Gasteiger partial charge in [-0.15, -0.1) is 0 Å². The Balaban J connectivity index is 1.73. The van der Waals surface area contributed by atoms with E-state index < -0.39 is 5.97 Å². The molecule has 18 heavy (non-hydrogen) atoms. The van der Waals surface area contributed by atoms with Crippen molar-refractivity contribution in [1.82, 2.24) is 10.2 Å². The predicted molar refractivity (Wildman–Crippen MR) is 71.6 cm³/mol. The number of piperidine rings is 1. The van der Waals surface area contributed by atoms with Gasteiger partial charge in [-0.2, -0.15) is 0 Å². The van der Waals surface area contributed by atoms with Gasteiger partial charge in [0.1, 0.15) is 0 Å². The standard InChI is InChI=1S/C14H26N2O2/c1-10-9-13(7-8-16(10)2)15-12-5-3-11(4-6-12)14(17)18/h10-13,15H,3-9H2,1-2H3,(H,17,18). The van der Waals surface area contributed by atoms with Gasteiger partial charge in [0.25, 0.3) is 0 Å². The van der Waals surface area contributed by atoms with E-state index in [0.717, 1.165) is 25.7 Å². The molecule has 1 aliphatic carbocycles. The first-order valence-corrected chi connectivity index (χ1v) is 7.25. The molecule has 0 aromatic carbocycles. The van der Waals surface area contributed by atoms with E-state index in [1.54, 1.807) is 0 Å². The van der Waals surface area contributed by atoms with Gasteiger partial charge in [0, 0.05) is 18.1 Å². The number of likely N-dealkylation sites (tertiary alicyclic amines) is 1. The van der Waals surface area contributed by atoms with Crippen molar-refractivity contribution >= 4 is 5.97 Å². The Bertz CT molecular complexity index is 288. The van der Waals surface area contributed by atoms with E-state index in [1.165, 1.54) is 19.4 Å².